The Labute approximate surface area is 311 Å². The van der Waals surface area contributed by atoms with Crippen LogP contribution in [-0.4, -0.2) is 28.5 Å². The second kappa shape index (κ2) is 12.9. The number of phenolic OH excluding ortho intramolecular Hbond substituents is 1. The maximum absolute atomic E-state index is 15.3. The number of phenols is 1. The van der Waals surface area contributed by atoms with Gasteiger partial charge in [-0.25, -0.2) is 4.39 Å². The Morgan fingerprint density at radius 3 is 2.06 bits per heavy atom. The van der Waals surface area contributed by atoms with E-state index in [1.54, 1.807) is 66.7 Å². The first-order valence-electron chi connectivity index (χ1n) is 18.2. The summed E-state index contributed by atoms with van der Waals surface area (Å²) in [6.45, 7) is 0. The number of amides is 2. The summed E-state index contributed by atoms with van der Waals surface area (Å²) in [4.78, 5) is 60.3. The third-order valence-electron chi connectivity index (χ3n) is 11.9. The lowest BCUT2D eigenvalue weighted by atomic mass is 9.44. The van der Waals surface area contributed by atoms with Crippen molar-refractivity contribution in [1.82, 2.24) is 0 Å². The second-order valence-electron chi connectivity index (χ2n) is 14.5. The molecule has 6 atom stereocenters. The highest BCUT2D eigenvalue weighted by molar-refractivity contribution is 6.32. The summed E-state index contributed by atoms with van der Waals surface area (Å²) in [5, 5.41) is 14.7. The average Bonchev–Trinajstić information content (AvgIpc) is 3.46. The van der Waals surface area contributed by atoms with Gasteiger partial charge in [0.1, 0.15) is 0 Å². The van der Waals surface area contributed by atoms with E-state index in [0.717, 1.165) is 17.4 Å². The van der Waals surface area contributed by atoms with Crippen LogP contribution in [0.3, 0.4) is 0 Å². The topological polar surface area (TPSA) is 104 Å². The molecule has 0 aromatic heterocycles. The van der Waals surface area contributed by atoms with Gasteiger partial charge in [0.15, 0.2) is 23.1 Å². The Morgan fingerprint density at radius 2 is 1.35 bits per heavy atom. The van der Waals surface area contributed by atoms with Crippen molar-refractivity contribution >= 4 is 46.0 Å². The largest absolute Gasteiger partial charge is 0.505 e. The van der Waals surface area contributed by atoms with Gasteiger partial charge in [-0.2, -0.15) is 0 Å². The number of carbonyl (C=O) groups excluding carboxylic acids is 4. The number of ketones is 2. The van der Waals surface area contributed by atoms with Gasteiger partial charge in [-0.05, 0) is 78.4 Å². The van der Waals surface area contributed by atoms with Crippen molar-refractivity contribution in [2.24, 2.45) is 23.7 Å². The van der Waals surface area contributed by atoms with Crippen LogP contribution in [0.4, 0.5) is 21.5 Å². The fraction of sp³-hybridized carbons (Fsp3) is 0.174. The molecule has 9 rings (SSSR count). The number of Topliss-reactive ketones (excluding diaryl/α,β-unsaturated/α-hetero) is 1. The molecule has 2 N–H and O–H groups in total. The Bertz CT molecular complexity index is 2390. The number of nitrogens with one attached hydrogen (secondary N) is 1. The number of aromatic hydroxyl groups is 1. The van der Waals surface area contributed by atoms with E-state index in [0.29, 0.717) is 22.4 Å². The van der Waals surface area contributed by atoms with Gasteiger partial charge >= 0.3 is 0 Å². The number of rotatable bonds is 6. The monoisotopic (exact) mass is 714 g/mol. The molecular formula is C46H35FN2O5. The van der Waals surface area contributed by atoms with Crippen LogP contribution in [0.25, 0.3) is 5.57 Å². The standard InChI is InChI=1S/C46H35FN2O5/c47-38-18-10-17-34(43(38)52)41-32-23-24-33-40(45(54)49(44(33)53)31-21-19-30(20-22-31)48-29-15-8-3-9-16-29)36(32)25-37-42(51)35(27-11-4-1-5-12-27)26-39(50)46(37,41)28-13-6-2-7-14-28/h1-23,26,33,36-37,40-41,48,52H,24-25H2. The highest BCUT2D eigenvalue weighted by Crippen LogP contribution is 2.64. The smallest absolute Gasteiger partial charge is 0.238 e. The van der Waals surface area contributed by atoms with Crippen molar-refractivity contribution in [1.29, 1.82) is 0 Å². The molecule has 3 aliphatic carbocycles. The molecule has 5 aromatic rings. The molecule has 1 saturated heterocycles. The molecule has 5 aromatic carbocycles. The summed E-state index contributed by atoms with van der Waals surface area (Å²) >= 11 is 0. The van der Waals surface area contributed by atoms with E-state index in [9.17, 15) is 14.7 Å². The zero-order valence-electron chi connectivity index (χ0n) is 29.1. The van der Waals surface area contributed by atoms with E-state index < -0.39 is 46.6 Å². The van der Waals surface area contributed by atoms with Crippen LogP contribution < -0.4 is 10.2 Å². The van der Waals surface area contributed by atoms with Crippen LogP contribution in [0, 0.1) is 29.5 Å². The number of nitrogens with zero attached hydrogens (tertiary/aromatic N) is 1. The minimum absolute atomic E-state index is 0.107. The number of halogens is 1. The number of hydrogen-bond donors (Lipinski definition) is 2. The fourth-order valence-corrected chi connectivity index (χ4v) is 9.62. The van der Waals surface area contributed by atoms with Crippen molar-refractivity contribution in [3.63, 3.8) is 0 Å². The van der Waals surface area contributed by atoms with E-state index in [4.69, 9.17) is 0 Å². The maximum Gasteiger partial charge on any atom is 0.238 e. The lowest BCUT2D eigenvalue weighted by Gasteiger charge is -2.55. The van der Waals surface area contributed by atoms with Gasteiger partial charge in [0, 0.05) is 34.3 Å². The first-order valence-corrected chi connectivity index (χ1v) is 18.2. The number of imide groups is 1. The first-order chi connectivity index (χ1) is 26.3. The molecule has 0 radical (unpaired) electrons. The normalized spacial score (nSPS) is 26.0. The molecular weight excluding hydrogens is 680 g/mol. The Kier molecular flexibility index (Phi) is 7.99. The summed E-state index contributed by atoms with van der Waals surface area (Å²) in [6.07, 6.45) is 3.62. The number of allylic oxidation sites excluding steroid dienone is 4. The summed E-state index contributed by atoms with van der Waals surface area (Å²) in [5.41, 5.74) is 2.78. The molecule has 1 saturated carbocycles. The van der Waals surface area contributed by atoms with E-state index >= 15 is 14.0 Å². The highest BCUT2D eigenvalue weighted by atomic mass is 19.1. The van der Waals surface area contributed by atoms with Crippen molar-refractivity contribution in [2.75, 3.05) is 10.2 Å². The number of carbonyl (C=O) groups is 4. The zero-order chi connectivity index (χ0) is 37.1. The van der Waals surface area contributed by atoms with Gasteiger partial charge < -0.3 is 10.4 Å². The molecule has 1 heterocycles. The Morgan fingerprint density at radius 1 is 0.704 bits per heavy atom. The van der Waals surface area contributed by atoms with Crippen LogP contribution >= 0.6 is 0 Å². The molecule has 1 aliphatic heterocycles. The highest BCUT2D eigenvalue weighted by Gasteiger charge is 2.66. The van der Waals surface area contributed by atoms with E-state index in [1.807, 2.05) is 60.7 Å². The van der Waals surface area contributed by atoms with E-state index in [-0.39, 0.29) is 47.4 Å². The number of para-hydroxylation sites is 2. The molecule has 0 bridgehead atoms. The molecule has 0 spiro atoms. The van der Waals surface area contributed by atoms with E-state index in [1.165, 1.54) is 17.0 Å². The number of anilines is 3. The summed E-state index contributed by atoms with van der Waals surface area (Å²) in [6, 6.07) is 39.0. The summed E-state index contributed by atoms with van der Waals surface area (Å²) in [7, 11) is 0. The second-order valence-corrected chi connectivity index (χ2v) is 14.5. The quantitative estimate of drug-likeness (QED) is 0.136. The van der Waals surface area contributed by atoms with Gasteiger partial charge in [0.2, 0.25) is 11.8 Å². The molecule has 6 unspecified atom stereocenters. The predicted molar refractivity (Wildman–Crippen MR) is 203 cm³/mol. The zero-order valence-corrected chi connectivity index (χ0v) is 29.1. The van der Waals surface area contributed by atoms with Gasteiger partial charge in [-0.15, -0.1) is 0 Å². The van der Waals surface area contributed by atoms with E-state index in [2.05, 4.69) is 5.32 Å². The lowest BCUT2D eigenvalue weighted by molar-refractivity contribution is -0.135. The Hall–Kier alpha value is -6.41. The average molecular weight is 715 g/mol. The minimum atomic E-state index is -1.57. The van der Waals surface area contributed by atoms with Gasteiger partial charge in [-0.1, -0.05) is 103 Å². The third-order valence-corrected chi connectivity index (χ3v) is 11.9. The summed E-state index contributed by atoms with van der Waals surface area (Å²) < 4.78 is 15.3. The van der Waals surface area contributed by atoms with Crippen LogP contribution in [-0.2, 0) is 24.6 Å². The number of hydrogen-bond acceptors (Lipinski definition) is 6. The number of benzene rings is 5. The maximum atomic E-state index is 15.3. The minimum Gasteiger partial charge on any atom is -0.505 e. The first kappa shape index (κ1) is 33.4. The van der Waals surface area contributed by atoms with Gasteiger partial charge in [0.05, 0.1) is 22.9 Å². The van der Waals surface area contributed by atoms with Crippen molar-refractivity contribution in [3.8, 4) is 5.75 Å². The van der Waals surface area contributed by atoms with Crippen molar-refractivity contribution in [2.45, 2.75) is 24.2 Å². The van der Waals surface area contributed by atoms with Gasteiger partial charge in [-0.3, -0.25) is 24.1 Å². The molecule has 7 nitrogen and oxygen atoms in total. The fourth-order valence-electron chi connectivity index (χ4n) is 9.62. The lowest BCUT2D eigenvalue weighted by Crippen LogP contribution is -2.58. The molecule has 54 heavy (non-hydrogen) atoms. The molecule has 8 heteroatoms. The summed E-state index contributed by atoms with van der Waals surface area (Å²) in [5.74, 6) is -6.98. The van der Waals surface area contributed by atoms with Crippen molar-refractivity contribution in [3.05, 3.63) is 174 Å². The molecule has 2 amide bonds. The SMILES string of the molecule is O=C1C(c2ccccc2)=CC(=O)C2(c3ccccc3)C1CC1C(=CCC3C(=O)N(c4ccc(Nc5ccccc5)cc4)C(=O)C31)C2c1cccc(F)c1O. The molecule has 4 aliphatic rings. The predicted octanol–water partition coefficient (Wildman–Crippen LogP) is 8.30. The molecule has 2 fully saturated rings. The van der Waals surface area contributed by atoms with Crippen LogP contribution in [0.15, 0.2) is 151 Å². The van der Waals surface area contributed by atoms with Crippen LogP contribution in [0.2, 0.25) is 0 Å². The number of fused-ring (bicyclic) bond motifs is 4. The van der Waals surface area contributed by atoms with Crippen molar-refractivity contribution < 1.29 is 28.7 Å². The molecule has 266 valence electrons. The van der Waals surface area contributed by atoms with Crippen LogP contribution in [0.1, 0.15) is 35.4 Å². The van der Waals surface area contributed by atoms with Crippen LogP contribution in [0.5, 0.6) is 5.75 Å². The third kappa shape index (κ3) is 5.00. The van der Waals surface area contributed by atoms with Gasteiger partial charge in [0.25, 0.3) is 0 Å². The Balaban J connectivity index is 1.18.